The molecular formula is C21H25BN2O5. The lowest BCUT2D eigenvalue weighted by Crippen LogP contribution is -2.47. The summed E-state index contributed by atoms with van der Waals surface area (Å²) >= 11 is 0. The van der Waals surface area contributed by atoms with E-state index in [1.165, 1.54) is 4.90 Å². The van der Waals surface area contributed by atoms with Crippen LogP contribution in [0.4, 0.5) is 5.69 Å². The van der Waals surface area contributed by atoms with Crippen molar-refractivity contribution in [3.8, 4) is 0 Å². The minimum absolute atomic E-state index is 0.227. The molecule has 0 aromatic heterocycles. The van der Waals surface area contributed by atoms with Gasteiger partial charge in [-0.3, -0.25) is 14.5 Å². The van der Waals surface area contributed by atoms with Crippen molar-refractivity contribution in [2.45, 2.75) is 26.5 Å². The second-order valence-corrected chi connectivity index (χ2v) is 6.61. The molecule has 2 aromatic carbocycles. The summed E-state index contributed by atoms with van der Waals surface area (Å²) in [6, 6.07) is 14.5. The minimum Gasteiger partial charge on any atom is -0.402 e. The van der Waals surface area contributed by atoms with Gasteiger partial charge in [-0.1, -0.05) is 43.0 Å². The van der Waals surface area contributed by atoms with Crippen LogP contribution >= 0.6 is 0 Å². The van der Waals surface area contributed by atoms with Crippen molar-refractivity contribution >= 4 is 24.8 Å². The van der Waals surface area contributed by atoms with Gasteiger partial charge < -0.3 is 20.0 Å². The number of rotatable bonds is 9. The number of anilines is 1. The van der Waals surface area contributed by atoms with Gasteiger partial charge in [0.15, 0.2) is 0 Å². The maximum Gasteiger partial charge on any atom is 0.635 e. The van der Waals surface area contributed by atoms with E-state index in [9.17, 15) is 19.6 Å². The van der Waals surface area contributed by atoms with E-state index in [0.717, 1.165) is 22.8 Å². The molecule has 3 N–H and O–H groups in total. The quantitative estimate of drug-likeness (QED) is 0.339. The lowest BCUT2D eigenvalue weighted by Gasteiger charge is -2.24. The van der Waals surface area contributed by atoms with E-state index < -0.39 is 25.4 Å². The van der Waals surface area contributed by atoms with E-state index in [-0.39, 0.29) is 13.0 Å². The molecule has 1 atom stereocenters. The zero-order valence-corrected chi connectivity index (χ0v) is 16.5. The van der Waals surface area contributed by atoms with E-state index in [2.05, 4.69) is 11.9 Å². The van der Waals surface area contributed by atoms with Crippen LogP contribution in [0.2, 0.25) is 0 Å². The number of carbonyl (C=O) groups is 2. The minimum atomic E-state index is -2.05. The fourth-order valence-electron chi connectivity index (χ4n) is 2.81. The maximum absolute atomic E-state index is 12.6. The number of amides is 2. The fraction of sp³-hybridized carbons (Fsp3) is 0.238. The SMILES string of the molecule is C=CC(=O)N(CC(=O)N[C@@H](Cc1ccc(C)c(C)c1)OB(O)O)c1ccccc1. The molecule has 7 nitrogen and oxygen atoms in total. The summed E-state index contributed by atoms with van der Waals surface area (Å²) in [4.78, 5) is 26.0. The Bertz CT molecular complexity index is 857. The molecule has 0 saturated heterocycles. The summed E-state index contributed by atoms with van der Waals surface area (Å²) in [6.45, 7) is 7.15. The number of carbonyl (C=O) groups excluding carboxylic acids is 2. The number of aryl methyl sites for hydroxylation is 2. The Hall–Kier alpha value is -2.94. The number of hydrogen-bond acceptors (Lipinski definition) is 5. The number of para-hydroxylation sites is 1. The highest BCUT2D eigenvalue weighted by molar-refractivity contribution is 6.32. The highest BCUT2D eigenvalue weighted by Crippen LogP contribution is 2.15. The first-order valence-electron chi connectivity index (χ1n) is 9.16. The van der Waals surface area contributed by atoms with Crippen molar-refractivity contribution in [2.75, 3.05) is 11.4 Å². The zero-order chi connectivity index (χ0) is 21.4. The summed E-state index contributed by atoms with van der Waals surface area (Å²) in [5, 5.41) is 21.0. The molecule has 2 rings (SSSR count). The molecule has 0 spiro atoms. The van der Waals surface area contributed by atoms with Gasteiger partial charge >= 0.3 is 7.32 Å². The average Bonchev–Trinajstić information content (AvgIpc) is 2.68. The zero-order valence-electron chi connectivity index (χ0n) is 16.5. The van der Waals surface area contributed by atoms with Crippen LogP contribution in [0, 0.1) is 13.8 Å². The van der Waals surface area contributed by atoms with Crippen LogP contribution in [-0.2, 0) is 20.7 Å². The molecule has 152 valence electrons. The van der Waals surface area contributed by atoms with Crippen molar-refractivity contribution in [2.24, 2.45) is 0 Å². The fourth-order valence-corrected chi connectivity index (χ4v) is 2.81. The summed E-state index contributed by atoms with van der Waals surface area (Å²) in [6.07, 6.45) is 0.368. The third kappa shape index (κ3) is 6.87. The first kappa shape index (κ1) is 22.4. The summed E-state index contributed by atoms with van der Waals surface area (Å²) < 4.78 is 5.02. The predicted molar refractivity (Wildman–Crippen MR) is 112 cm³/mol. The molecule has 0 aliphatic heterocycles. The van der Waals surface area contributed by atoms with Crippen LogP contribution in [0.3, 0.4) is 0 Å². The molecule has 0 bridgehead atoms. The standard InChI is InChI=1S/C21H25BN2O5/c1-4-21(26)24(18-8-6-5-7-9-18)14-19(25)23-20(29-22(27)28)13-17-11-10-15(2)16(3)12-17/h4-12,20,27-28H,1,13-14H2,2-3H3,(H,23,25)/t20-/m1/s1. The number of benzene rings is 2. The Labute approximate surface area is 170 Å². The smallest absolute Gasteiger partial charge is 0.402 e. The monoisotopic (exact) mass is 396 g/mol. The van der Waals surface area contributed by atoms with Gasteiger partial charge in [-0.05, 0) is 48.7 Å². The average molecular weight is 396 g/mol. The van der Waals surface area contributed by atoms with Crippen molar-refractivity contribution in [3.05, 3.63) is 77.9 Å². The molecule has 0 radical (unpaired) electrons. The second-order valence-electron chi connectivity index (χ2n) is 6.61. The van der Waals surface area contributed by atoms with Crippen LogP contribution < -0.4 is 10.2 Å². The Morgan fingerprint density at radius 1 is 1.17 bits per heavy atom. The van der Waals surface area contributed by atoms with Crippen molar-refractivity contribution in [1.82, 2.24) is 5.32 Å². The Morgan fingerprint density at radius 3 is 2.45 bits per heavy atom. The Morgan fingerprint density at radius 2 is 1.86 bits per heavy atom. The lowest BCUT2D eigenvalue weighted by atomic mass is 10.0. The van der Waals surface area contributed by atoms with Crippen molar-refractivity contribution in [3.63, 3.8) is 0 Å². The number of nitrogens with one attached hydrogen (secondary N) is 1. The lowest BCUT2D eigenvalue weighted by molar-refractivity contribution is -0.124. The molecule has 2 amide bonds. The predicted octanol–water partition coefficient (Wildman–Crippen LogP) is 1.49. The number of nitrogens with zero attached hydrogens (tertiary/aromatic N) is 1. The summed E-state index contributed by atoms with van der Waals surface area (Å²) in [5.74, 6) is -0.946. The van der Waals surface area contributed by atoms with Gasteiger partial charge in [0.25, 0.3) is 5.91 Å². The third-order valence-electron chi connectivity index (χ3n) is 4.41. The normalized spacial score (nSPS) is 11.4. The topological polar surface area (TPSA) is 99.1 Å². The first-order valence-corrected chi connectivity index (χ1v) is 9.16. The van der Waals surface area contributed by atoms with Gasteiger partial charge in [0.1, 0.15) is 12.8 Å². The van der Waals surface area contributed by atoms with Gasteiger partial charge in [-0.25, -0.2) is 0 Å². The summed E-state index contributed by atoms with van der Waals surface area (Å²) in [7, 11) is -2.05. The summed E-state index contributed by atoms with van der Waals surface area (Å²) in [5.41, 5.74) is 3.60. The molecule has 0 heterocycles. The first-order chi connectivity index (χ1) is 13.8. The van der Waals surface area contributed by atoms with Gasteiger partial charge in [0.2, 0.25) is 5.91 Å². The molecular weight excluding hydrogens is 371 g/mol. The third-order valence-corrected chi connectivity index (χ3v) is 4.41. The van der Waals surface area contributed by atoms with Crippen molar-refractivity contribution < 1.29 is 24.3 Å². The van der Waals surface area contributed by atoms with Gasteiger partial charge in [-0.2, -0.15) is 0 Å². The van der Waals surface area contributed by atoms with Gasteiger partial charge in [0, 0.05) is 12.1 Å². The van der Waals surface area contributed by atoms with Gasteiger partial charge in [-0.15, -0.1) is 0 Å². The van der Waals surface area contributed by atoms with Crippen LogP contribution in [0.5, 0.6) is 0 Å². The maximum atomic E-state index is 12.6. The van der Waals surface area contributed by atoms with Crippen LogP contribution in [0.1, 0.15) is 16.7 Å². The van der Waals surface area contributed by atoms with E-state index in [0.29, 0.717) is 5.69 Å². The molecule has 0 aliphatic carbocycles. The van der Waals surface area contributed by atoms with E-state index in [1.807, 2.05) is 32.0 Å². The Kier molecular flexibility index (Phi) is 8.14. The number of hydrogen-bond donors (Lipinski definition) is 3. The molecule has 0 fully saturated rings. The van der Waals surface area contributed by atoms with Crippen LogP contribution in [0.15, 0.2) is 61.2 Å². The molecule has 2 aromatic rings. The van der Waals surface area contributed by atoms with E-state index in [1.54, 1.807) is 30.3 Å². The highest BCUT2D eigenvalue weighted by atomic mass is 16.6. The van der Waals surface area contributed by atoms with E-state index >= 15 is 0 Å². The molecule has 0 unspecified atom stereocenters. The second kappa shape index (κ2) is 10.6. The van der Waals surface area contributed by atoms with Gasteiger partial charge in [0.05, 0.1) is 0 Å². The highest BCUT2D eigenvalue weighted by Gasteiger charge is 2.23. The van der Waals surface area contributed by atoms with E-state index in [4.69, 9.17) is 4.65 Å². The molecule has 0 saturated carbocycles. The van der Waals surface area contributed by atoms with Crippen LogP contribution in [-0.4, -0.2) is 42.0 Å². The molecule has 8 heteroatoms. The largest absolute Gasteiger partial charge is 0.635 e. The molecule has 0 aliphatic rings. The molecule has 29 heavy (non-hydrogen) atoms. The Balaban J connectivity index is 2.12. The van der Waals surface area contributed by atoms with Crippen molar-refractivity contribution in [1.29, 1.82) is 0 Å². The van der Waals surface area contributed by atoms with Crippen LogP contribution in [0.25, 0.3) is 0 Å².